The van der Waals surface area contributed by atoms with Crippen molar-refractivity contribution in [1.29, 1.82) is 0 Å². The average molecular weight is 448 g/mol. The van der Waals surface area contributed by atoms with E-state index in [1.54, 1.807) is 13.0 Å². The number of carbonyl (C=O) groups excluding carboxylic acids is 1. The zero-order chi connectivity index (χ0) is 22.4. The van der Waals surface area contributed by atoms with Crippen molar-refractivity contribution in [2.75, 3.05) is 23.7 Å². The lowest BCUT2D eigenvalue weighted by Gasteiger charge is -2.30. The molecule has 1 aliphatic rings. The highest BCUT2D eigenvalue weighted by molar-refractivity contribution is 7.92. The van der Waals surface area contributed by atoms with Crippen LogP contribution in [-0.4, -0.2) is 44.6 Å². The Kier molecular flexibility index (Phi) is 7.67. The maximum Gasteiger partial charge on any atom is 0.244 e. The second-order valence-corrected chi connectivity index (χ2v) is 9.81. The van der Waals surface area contributed by atoms with Crippen molar-refractivity contribution in [3.05, 3.63) is 65.5 Å². The molecule has 1 N–H and O–H groups in total. The van der Waals surface area contributed by atoms with Crippen LogP contribution >= 0.6 is 0 Å². The van der Waals surface area contributed by atoms with Crippen LogP contribution in [0.15, 0.2) is 48.5 Å². The van der Waals surface area contributed by atoms with Crippen molar-refractivity contribution in [3.8, 4) is 0 Å². The molecule has 0 aliphatic carbocycles. The van der Waals surface area contributed by atoms with E-state index in [-0.39, 0.29) is 18.7 Å². The van der Waals surface area contributed by atoms with Gasteiger partial charge in [0.1, 0.15) is 11.9 Å². The second kappa shape index (κ2) is 10.2. The lowest BCUT2D eigenvalue weighted by Crippen LogP contribution is -2.49. The van der Waals surface area contributed by atoms with Crippen LogP contribution < -0.4 is 9.62 Å². The van der Waals surface area contributed by atoms with Crippen molar-refractivity contribution in [2.24, 2.45) is 0 Å². The smallest absolute Gasteiger partial charge is 0.244 e. The van der Waals surface area contributed by atoms with Gasteiger partial charge in [-0.05, 0) is 55.6 Å². The molecule has 2 aromatic rings. The Morgan fingerprint density at radius 2 is 1.81 bits per heavy atom. The quantitative estimate of drug-likeness (QED) is 0.641. The molecule has 168 valence electrons. The summed E-state index contributed by atoms with van der Waals surface area (Å²) in [5, 5.41) is 2.83. The van der Waals surface area contributed by atoms with Crippen molar-refractivity contribution >= 4 is 21.6 Å². The normalized spacial score (nSPS) is 15.6. The lowest BCUT2D eigenvalue weighted by atomic mass is 10.1. The molecule has 1 amide bonds. The third-order valence-electron chi connectivity index (χ3n) is 5.48. The van der Waals surface area contributed by atoms with Gasteiger partial charge in [0.2, 0.25) is 15.9 Å². The number of anilines is 1. The van der Waals surface area contributed by atoms with Crippen LogP contribution in [0.5, 0.6) is 0 Å². The van der Waals surface area contributed by atoms with Gasteiger partial charge in [0.05, 0.1) is 11.9 Å². The van der Waals surface area contributed by atoms with Gasteiger partial charge in [0, 0.05) is 13.1 Å². The van der Waals surface area contributed by atoms with Crippen molar-refractivity contribution < 1.29 is 17.6 Å². The molecule has 1 saturated heterocycles. The average Bonchev–Trinajstić information content (AvgIpc) is 3.23. The molecule has 1 unspecified atom stereocenters. The van der Waals surface area contributed by atoms with Crippen LogP contribution in [0.25, 0.3) is 0 Å². The number of para-hydroxylation sites is 1. The number of nitrogens with one attached hydrogen (secondary N) is 1. The van der Waals surface area contributed by atoms with Crippen LogP contribution in [0.3, 0.4) is 0 Å². The number of amides is 1. The van der Waals surface area contributed by atoms with E-state index in [2.05, 4.69) is 22.3 Å². The SMILES string of the molecule is CCC(C(=O)NCc1cccc(CN2CCCC2)c1)N(c1ccccc1F)S(C)(=O)=O. The molecule has 0 radical (unpaired) electrons. The number of carbonyl (C=O) groups is 1. The summed E-state index contributed by atoms with van der Waals surface area (Å²) in [6, 6.07) is 12.6. The Balaban J connectivity index is 1.72. The second-order valence-electron chi connectivity index (χ2n) is 7.96. The van der Waals surface area contributed by atoms with Gasteiger partial charge < -0.3 is 5.32 Å². The molecule has 0 bridgehead atoms. The standard InChI is InChI=1S/C23H30FN3O3S/c1-3-21(27(31(2,29)30)22-12-5-4-11-20(22)24)23(28)25-16-18-9-8-10-19(15-18)17-26-13-6-7-14-26/h4-5,8-12,15,21H,3,6-7,13-14,16-17H2,1-2H3,(H,25,28). The van der Waals surface area contributed by atoms with Gasteiger partial charge in [0.15, 0.2) is 0 Å². The van der Waals surface area contributed by atoms with Crippen molar-refractivity contribution in [1.82, 2.24) is 10.2 Å². The van der Waals surface area contributed by atoms with Crippen LogP contribution in [0.1, 0.15) is 37.3 Å². The van der Waals surface area contributed by atoms with Gasteiger partial charge in [-0.2, -0.15) is 0 Å². The summed E-state index contributed by atoms with van der Waals surface area (Å²) < 4.78 is 40.1. The summed E-state index contributed by atoms with van der Waals surface area (Å²) in [4.78, 5) is 15.3. The van der Waals surface area contributed by atoms with E-state index in [0.29, 0.717) is 0 Å². The molecule has 0 spiro atoms. The third-order valence-corrected chi connectivity index (χ3v) is 6.65. The van der Waals surface area contributed by atoms with Crippen molar-refractivity contribution in [3.63, 3.8) is 0 Å². The van der Waals surface area contributed by atoms with Crippen LogP contribution in [0.2, 0.25) is 0 Å². The molecule has 0 aromatic heterocycles. The van der Waals surface area contributed by atoms with E-state index in [4.69, 9.17) is 0 Å². The van der Waals surface area contributed by atoms with Crippen LogP contribution in [-0.2, 0) is 27.9 Å². The number of benzene rings is 2. The predicted octanol–water partition coefficient (Wildman–Crippen LogP) is 3.28. The minimum Gasteiger partial charge on any atom is -0.350 e. The first-order valence-corrected chi connectivity index (χ1v) is 12.5. The van der Waals surface area contributed by atoms with E-state index in [1.165, 1.54) is 36.6 Å². The molecule has 0 saturated carbocycles. The van der Waals surface area contributed by atoms with Gasteiger partial charge in [-0.3, -0.25) is 14.0 Å². The van der Waals surface area contributed by atoms with E-state index in [0.717, 1.165) is 35.8 Å². The Morgan fingerprint density at radius 3 is 2.45 bits per heavy atom. The Labute approximate surface area is 184 Å². The van der Waals surface area contributed by atoms with Crippen LogP contribution in [0, 0.1) is 5.82 Å². The Hall–Kier alpha value is -2.45. The predicted molar refractivity (Wildman–Crippen MR) is 121 cm³/mol. The molecular weight excluding hydrogens is 417 g/mol. The number of hydrogen-bond acceptors (Lipinski definition) is 4. The fourth-order valence-corrected chi connectivity index (χ4v) is 5.22. The largest absolute Gasteiger partial charge is 0.350 e. The molecule has 31 heavy (non-hydrogen) atoms. The highest BCUT2D eigenvalue weighted by Gasteiger charge is 2.32. The zero-order valence-electron chi connectivity index (χ0n) is 18.1. The molecule has 2 aromatic carbocycles. The minimum atomic E-state index is -3.87. The number of nitrogens with zero attached hydrogens (tertiary/aromatic N) is 2. The monoisotopic (exact) mass is 447 g/mol. The number of likely N-dealkylation sites (tertiary alicyclic amines) is 1. The number of hydrogen-bond donors (Lipinski definition) is 1. The Morgan fingerprint density at radius 1 is 1.13 bits per heavy atom. The highest BCUT2D eigenvalue weighted by Crippen LogP contribution is 2.25. The molecule has 1 atom stereocenters. The minimum absolute atomic E-state index is 0.125. The first kappa shape index (κ1) is 23.2. The van der Waals surface area contributed by atoms with E-state index in [9.17, 15) is 17.6 Å². The van der Waals surface area contributed by atoms with Crippen molar-refractivity contribution in [2.45, 2.75) is 45.3 Å². The first-order chi connectivity index (χ1) is 14.8. The third kappa shape index (κ3) is 6.04. The highest BCUT2D eigenvalue weighted by atomic mass is 32.2. The molecule has 1 aliphatic heterocycles. The van der Waals surface area contributed by atoms with E-state index in [1.807, 2.05) is 12.1 Å². The van der Waals surface area contributed by atoms with Crippen LogP contribution in [0.4, 0.5) is 10.1 Å². The van der Waals surface area contributed by atoms with E-state index >= 15 is 0 Å². The maximum atomic E-state index is 14.4. The summed E-state index contributed by atoms with van der Waals surface area (Å²) in [5.41, 5.74) is 2.00. The van der Waals surface area contributed by atoms with E-state index < -0.39 is 27.8 Å². The zero-order valence-corrected chi connectivity index (χ0v) is 18.9. The number of rotatable bonds is 9. The van der Waals surface area contributed by atoms with Gasteiger partial charge in [0.25, 0.3) is 0 Å². The molecule has 1 fully saturated rings. The topological polar surface area (TPSA) is 69.7 Å². The summed E-state index contributed by atoms with van der Waals surface area (Å²) in [6.07, 6.45) is 3.65. The number of halogens is 1. The summed E-state index contributed by atoms with van der Waals surface area (Å²) in [5.74, 6) is -1.14. The molecular formula is C23H30FN3O3S. The molecule has 8 heteroatoms. The first-order valence-electron chi connectivity index (χ1n) is 10.6. The fourth-order valence-electron chi connectivity index (χ4n) is 4.01. The maximum absolute atomic E-state index is 14.4. The summed E-state index contributed by atoms with van der Waals surface area (Å²) in [7, 11) is -3.87. The summed E-state index contributed by atoms with van der Waals surface area (Å²) in [6.45, 7) is 5.08. The molecule has 1 heterocycles. The fraction of sp³-hybridized carbons (Fsp3) is 0.435. The molecule has 6 nitrogen and oxygen atoms in total. The van der Waals surface area contributed by atoms with Gasteiger partial charge in [-0.1, -0.05) is 43.3 Å². The van der Waals surface area contributed by atoms with Gasteiger partial charge in [-0.25, -0.2) is 12.8 Å². The Bertz CT molecular complexity index is 1010. The summed E-state index contributed by atoms with van der Waals surface area (Å²) >= 11 is 0. The molecule has 3 rings (SSSR count). The van der Waals surface area contributed by atoms with Gasteiger partial charge >= 0.3 is 0 Å². The number of sulfonamides is 1. The lowest BCUT2D eigenvalue weighted by molar-refractivity contribution is -0.122. The van der Waals surface area contributed by atoms with Gasteiger partial charge in [-0.15, -0.1) is 0 Å².